The van der Waals surface area contributed by atoms with Gasteiger partial charge in [0.05, 0.1) is 12.8 Å². The van der Waals surface area contributed by atoms with Crippen LogP contribution in [0.1, 0.15) is 12.5 Å². The maximum atomic E-state index is 12.7. The highest BCUT2D eigenvalue weighted by molar-refractivity contribution is 5.91. The number of nitrogens with one attached hydrogen (secondary N) is 1. The van der Waals surface area contributed by atoms with Crippen molar-refractivity contribution < 1.29 is 18.8 Å². The van der Waals surface area contributed by atoms with Gasteiger partial charge in [-0.3, -0.25) is 4.79 Å². The van der Waals surface area contributed by atoms with Crippen molar-refractivity contribution in [3.8, 4) is 5.75 Å². The Labute approximate surface area is 133 Å². The molecule has 0 unspecified atom stereocenters. The third-order valence-electron chi connectivity index (χ3n) is 2.79. The molecule has 0 atom stereocenters. The predicted molar refractivity (Wildman–Crippen MR) is 86.2 cm³/mol. The first-order valence-corrected chi connectivity index (χ1v) is 7.11. The normalized spacial score (nSPS) is 10.5. The van der Waals surface area contributed by atoms with Gasteiger partial charge in [0.15, 0.2) is 6.61 Å². The van der Waals surface area contributed by atoms with Crippen molar-refractivity contribution in [1.29, 1.82) is 0 Å². The van der Waals surface area contributed by atoms with Crippen molar-refractivity contribution in [3.63, 3.8) is 0 Å². The van der Waals surface area contributed by atoms with Crippen LogP contribution in [0.4, 0.5) is 10.1 Å². The van der Waals surface area contributed by atoms with Crippen molar-refractivity contribution in [2.75, 3.05) is 18.5 Å². The molecule has 0 saturated heterocycles. The summed E-state index contributed by atoms with van der Waals surface area (Å²) in [7, 11) is 0. The second-order valence-electron chi connectivity index (χ2n) is 4.57. The van der Waals surface area contributed by atoms with Gasteiger partial charge in [-0.25, -0.2) is 4.39 Å². The lowest BCUT2D eigenvalue weighted by Gasteiger charge is -2.04. The van der Waals surface area contributed by atoms with Gasteiger partial charge in [0, 0.05) is 5.69 Å². The predicted octanol–water partition coefficient (Wildman–Crippen LogP) is 3.21. The number of amides is 1. The SMILES string of the molecule is CCOc1ccc(/C=N\OCC(=O)Nc2ccc(F)cc2)cc1. The third-order valence-corrected chi connectivity index (χ3v) is 2.79. The van der Waals surface area contributed by atoms with E-state index >= 15 is 0 Å². The summed E-state index contributed by atoms with van der Waals surface area (Å²) in [6, 6.07) is 12.8. The van der Waals surface area contributed by atoms with E-state index in [1.807, 2.05) is 31.2 Å². The summed E-state index contributed by atoms with van der Waals surface area (Å²) in [4.78, 5) is 16.5. The highest BCUT2D eigenvalue weighted by atomic mass is 19.1. The molecule has 1 N–H and O–H groups in total. The summed E-state index contributed by atoms with van der Waals surface area (Å²) in [6.45, 7) is 2.30. The molecule has 2 rings (SSSR count). The van der Waals surface area contributed by atoms with Gasteiger partial charge in [-0.05, 0) is 61.0 Å². The van der Waals surface area contributed by atoms with Gasteiger partial charge in [0.2, 0.25) is 0 Å². The number of hydrogen-bond donors (Lipinski definition) is 1. The molecular formula is C17H17FN2O3. The van der Waals surface area contributed by atoms with Crippen molar-refractivity contribution in [1.82, 2.24) is 0 Å². The highest BCUT2D eigenvalue weighted by Crippen LogP contribution is 2.11. The summed E-state index contributed by atoms with van der Waals surface area (Å²) >= 11 is 0. The Kier molecular flexibility index (Phi) is 6.11. The molecule has 120 valence electrons. The summed E-state index contributed by atoms with van der Waals surface area (Å²) < 4.78 is 18.1. The molecule has 0 heterocycles. The third kappa shape index (κ3) is 5.78. The van der Waals surface area contributed by atoms with E-state index in [1.54, 1.807) is 0 Å². The minimum atomic E-state index is -0.375. The number of ether oxygens (including phenoxy) is 1. The minimum Gasteiger partial charge on any atom is -0.494 e. The van der Waals surface area contributed by atoms with Crippen LogP contribution in [0, 0.1) is 5.82 Å². The fraction of sp³-hybridized carbons (Fsp3) is 0.176. The maximum absolute atomic E-state index is 12.7. The van der Waals surface area contributed by atoms with Crippen LogP contribution in [0.25, 0.3) is 0 Å². The molecule has 0 aliphatic heterocycles. The number of benzene rings is 2. The van der Waals surface area contributed by atoms with E-state index in [0.29, 0.717) is 12.3 Å². The molecule has 2 aromatic rings. The van der Waals surface area contributed by atoms with Gasteiger partial charge < -0.3 is 14.9 Å². The number of carbonyl (C=O) groups is 1. The average Bonchev–Trinajstić information content (AvgIpc) is 2.55. The molecular weight excluding hydrogens is 299 g/mol. The van der Waals surface area contributed by atoms with E-state index in [9.17, 15) is 9.18 Å². The minimum absolute atomic E-state index is 0.231. The summed E-state index contributed by atoms with van der Waals surface area (Å²) in [5, 5.41) is 6.29. The zero-order valence-electron chi connectivity index (χ0n) is 12.7. The molecule has 0 bridgehead atoms. The van der Waals surface area contributed by atoms with Crippen LogP contribution in [-0.4, -0.2) is 25.3 Å². The Hall–Kier alpha value is -2.89. The molecule has 1 amide bonds. The molecule has 23 heavy (non-hydrogen) atoms. The molecule has 0 aliphatic rings. The van der Waals surface area contributed by atoms with Crippen LogP contribution in [0.2, 0.25) is 0 Å². The Morgan fingerprint density at radius 1 is 1.17 bits per heavy atom. The molecule has 0 saturated carbocycles. The largest absolute Gasteiger partial charge is 0.494 e. The van der Waals surface area contributed by atoms with Crippen molar-refractivity contribution in [2.45, 2.75) is 6.92 Å². The monoisotopic (exact) mass is 316 g/mol. The van der Waals surface area contributed by atoms with E-state index in [2.05, 4.69) is 10.5 Å². The fourth-order valence-corrected chi connectivity index (χ4v) is 1.74. The molecule has 0 aromatic heterocycles. The quantitative estimate of drug-likeness (QED) is 0.630. The molecule has 2 aromatic carbocycles. The second-order valence-corrected chi connectivity index (χ2v) is 4.57. The van der Waals surface area contributed by atoms with Gasteiger partial charge in [-0.2, -0.15) is 0 Å². The molecule has 6 heteroatoms. The number of halogens is 1. The van der Waals surface area contributed by atoms with Crippen LogP contribution in [-0.2, 0) is 9.63 Å². The van der Waals surface area contributed by atoms with E-state index < -0.39 is 0 Å². The molecule has 0 radical (unpaired) electrons. The fourth-order valence-electron chi connectivity index (χ4n) is 1.74. The highest BCUT2D eigenvalue weighted by Gasteiger charge is 2.02. The van der Waals surface area contributed by atoms with E-state index in [-0.39, 0.29) is 18.3 Å². The molecule has 0 aliphatic carbocycles. The zero-order chi connectivity index (χ0) is 16.5. The Morgan fingerprint density at radius 2 is 1.87 bits per heavy atom. The lowest BCUT2D eigenvalue weighted by molar-refractivity contribution is -0.120. The lowest BCUT2D eigenvalue weighted by atomic mass is 10.2. The first-order valence-electron chi connectivity index (χ1n) is 7.11. The van der Waals surface area contributed by atoms with Crippen molar-refractivity contribution >= 4 is 17.8 Å². The Bertz CT molecular complexity index is 655. The first-order chi connectivity index (χ1) is 11.2. The van der Waals surface area contributed by atoms with Crippen LogP contribution in [0.3, 0.4) is 0 Å². The van der Waals surface area contributed by atoms with Crippen LogP contribution in [0.15, 0.2) is 53.7 Å². The summed E-state index contributed by atoms with van der Waals surface area (Å²) in [5.41, 5.74) is 1.32. The molecule has 5 nitrogen and oxygen atoms in total. The van der Waals surface area contributed by atoms with Gasteiger partial charge in [0.1, 0.15) is 11.6 Å². The molecule has 0 spiro atoms. The van der Waals surface area contributed by atoms with E-state index in [1.165, 1.54) is 30.5 Å². The topological polar surface area (TPSA) is 59.9 Å². The smallest absolute Gasteiger partial charge is 0.265 e. The van der Waals surface area contributed by atoms with Gasteiger partial charge in [-0.15, -0.1) is 0 Å². The standard InChI is InChI=1S/C17H17FN2O3/c1-2-22-16-9-3-13(4-10-16)11-19-23-12-17(21)20-15-7-5-14(18)6-8-15/h3-11H,2,12H2,1H3,(H,20,21)/b19-11-. The average molecular weight is 316 g/mol. The second kappa shape index (κ2) is 8.53. The van der Waals surface area contributed by atoms with Crippen LogP contribution >= 0.6 is 0 Å². The number of anilines is 1. The number of rotatable bonds is 7. The lowest BCUT2D eigenvalue weighted by Crippen LogP contribution is -2.16. The number of carbonyl (C=O) groups excluding carboxylic acids is 1. The van der Waals surface area contributed by atoms with Gasteiger partial charge >= 0.3 is 0 Å². The number of oxime groups is 1. The first kappa shape index (κ1) is 16.5. The molecule has 0 fully saturated rings. The summed E-state index contributed by atoms with van der Waals surface area (Å²) in [5.74, 6) is 0.0453. The zero-order valence-corrected chi connectivity index (χ0v) is 12.7. The van der Waals surface area contributed by atoms with Gasteiger partial charge in [-0.1, -0.05) is 5.16 Å². The van der Waals surface area contributed by atoms with Crippen LogP contribution in [0.5, 0.6) is 5.75 Å². The van der Waals surface area contributed by atoms with Crippen molar-refractivity contribution in [3.05, 3.63) is 59.9 Å². The Balaban J connectivity index is 1.75. The number of hydrogen-bond acceptors (Lipinski definition) is 4. The van der Waals surface area contributed by atoms with E-state index in [0.717, 1.165) is 11.3 Å². The van der Waals surface area contributed by atoms with E-state index in [4.69, 9.17) is 9.57 Å². The Morgan fingerprint density at radius 3 is 2.52 bits per heavy atom. The maximum Gasteiger partial charge on any atom is 0.265 e. The van der Waals surface area contributed by atoms with Crippen molar-refractivity contribution in [2.24, 2.45) is 5.16 Å². The van der Waals surface area contributed by atoms with Crippen LogP contribution < -0.4 is 10.1 Å². The summed E-state index contributed by atoms with van der Waals surface area (Å²) in [6.07, 6.45) is 1.50. The van der Waals surface area contributed by atoms with Gasteiger partial charge in [0.25, 0.3) is 5.91 Å². The number of nitrogens with zero attached hydrogens (tertiary/aromatic N) is 1.